The van der Waals surface area contributed by atoms with E-state index in [4.69, 9.17) is 16.9 Å². The number of para-hydroxylation sites is 1. The van der Waals surface area contributed by atoms with Crippen LogP contribution in [0.4, 0.5) is 5.69 Å². The number of ketones is 1. The van der Waals surface area contributed by atoms with Gasteiger partial charge in [-0.15, -0.1) is 0 Å². The van der Waals surface area contributed by atoms with Crippen molar-refractivity contribution in [2.75, 3.05) is 5.32 Å². The summed E-state index contributed by atoms with van der Waals surface area (Å²) >= 11 is 5.76. The van der Waals surface area contributed by atoms with Gasteiger partial charge in [-0.1, -0.05) is 23.7 Å². The number of rotatable bonds is 4. The predicted octanol–water partition coefficient (Wildman–Crippen LogP) is 4.02. The SMILES string of the molecule is N#Cc1ccccc1NC=CC(=O)c1ccc(Cl)cc1. The summed E-state index contributed by atoms with van der Waals surface area (Å²) in [4.78, 5) is 11.9. The van der Waals surface area contributed by atoms with Gasteiger partial charge in [0.25, 0.3) is 0 Å². The second kappa shape index (κ2) is 6.55. The molecule has 0 spiro atoms. The lowest BCUT2D eigenvalue weighted by Crippen LogP contribution is -1.97. The third kappa shape index (κ3) is 3.47. The van der Waals surface area contributed by atoms with Gasteiger partial charge in [0, 0.05) is 22.9 Å². The van der Waals surface area contributed by atoms with Crippen molar-refractivity contribution < 1.29 is 4.79 Å². The molecule has 0 saturated carbocycles. The van der Waals surface area contributed by atoms with Crippen LogP contribution in [-0.2, 0) is 0 Å². The summed E-state index contributed by atoms with van der Waals surface area (Å²) in [5.74, 6) is -0.136. The van der Waals surface area contributed by atoms with Crippen LogP contribution in [0.25, 0.3) is 0 Å². The number of carbonyl (C=O) groups is 1. The number of hydrogen-bond donors (Lipinski definition) is 1. The van der Waals surface area contributed by atoms with Gasteiger partial charge in [-0.25, -0.2) is 0 Å². The minimum absolute atomic E-state index is 0.136. The number of nitriles is 1. The molecular formula is C16H11ClN2O. The number of carbonyl (C=O) groups excluding carboxylic acids is 1. The highest BCUT2D eigenvalue weighted by Crippen LogP contribution is 2.14. The van der Waals surface area contributed by atoms with Gasteiger partial charge in [-0.3, -0.25) is 4.79 Å². The van der Waals surface area contributed by atoms with E-state index in [2.05, 4.69) is 11.4 Å². The molecule has 2 aromatic carbocycles. The van der Waals surface area contributed by atoms with E-state index < -0.39 is 0 Å². The Kier molecular flexibility index (Phi) is 4.54. The molecule has 0 radical (unpaired) electrons. The molecule has 0 amide bonds. The Balaban J connectivity index is 2.05. The lowest BCUT2D eigenvalue weighted by Gasteiger charge is -2.02. The maximum atomic E-state index is 11.9. The monoisotopic (exact) mass is 282 g/mol. The van der Waals surface area contributed by atoms with Gasteiger partial charge in [-0.2, -0.15) is 5.26 Å². The third-order valence-corrected chi connectivity index (χ3v) is 2.90. The molecule has 0 aromatic heterocycles. The molecule has 0 heterocycles. The van der Waals surface area contributed by atoms with Gasteiger partial charge in [-0.05, 0) is 36.4 Å². The smallest absolute Gasteiger partial charge is 0.187 e. The average molecular weight is 283 g/mol. The number of allylic oxidation sites excluding steroid dienone is 1. The van der Waals surface area contributed by atoms with Gasteiger partial charge < -0.3 is 5.32 Å². The second-order valence-corrected chi connectivity index (χ2v) is 4.44. The van der Waals surface area contributed by atoms with E-state index in [1.165, 1.54) is 12.3 Å². The summed E-state index contributed by atoms with van der Waals surface area (Å²) in [6, 6.07) is 15.8. The topological polar surface area (TPSA) is 52.9 Å². The zero-order chi connectivity index (χ0) is 14.4. The van der Waals surface area contributed by atoms with Gasteiger partial charge >= 0.3 is 0 Å². The normalized spacial score (nSPS) is 10.2. The third-order valence-electron chi connectivity index (χ3n) is 2.65. The van der Waals surface area contributed by atoms with E-state index in [0.29, 0.717) is 21.8 Å². The fourth-order valence-corrected chi connectivity index (χ4v) is 1.75. The van der Waals surface area contributed by atoms with E-state index >= 15 is 0 Å². The Labute approximate surface area is 122 Å². The molecule has 0 saturated heterocycles. The fraction of sp³-hybridized carbons (Fsp3) is 0. The molecule has 1 N–H and O–H groups in total. The first-order valence-electron chi connectivity index (χ1n) is 5.93. The first kappa shape index (κ1) is 13.9. The summed E-state index contributed by atoms with van der Waals surface area (Å²) in [6.07, 6.45) is 2.94. The number of benzene rings is 2. The molecule has 2 rings (SSSR count). The first-order valence-corrected chi connectivity index (χ1v) is 6.30. The van der Waals surface area contributed by atoms with Gasteiger partial charge in [0.1, 0.15) is 6.07 Å². The molecule has 0 atom stereocenters. The van der Waals surface area contributed by atoms with Crippen LogP contribution >= 0.6 is 11.6 Å². The van der Waals surface area contributed by atoms with E-state index in [1.807, 2.05) is 6.07 Å². The summed E-state index contributed by atoms with van der Waals surface area (Å²) in [5, 5.41) is 12.5. The minimum Gasteiger partial charge on any atom is -0.360 e. The van der Waals surface area contributed by atoms with Crippen LogP contribution in [0.15, 0.2) is 60.8 Å². The fourth-order valence-electron chi connectivity index (χ4n) is 1.62. The Morgan fingerprint density at radius 1 is 1.15 bits per heavy atom. The van der Waals surface area contributed by atoms with Crippen molar-refractivity contribution in [3.63, 3.8) is 0 Å². The minimum atomic E-state index is -0.136. The summed E-state index contributed by atoms with van der Waals surface area (Å²) in [7, 11) is 0. The number of hydrogen-bond acceptors (Lipinski definition) is 3. The molecule has 4 heteroatoms. The zero-order valence-electron chi connectivity index (χ0n) is 10.5. The molecule has 2 aromatic rings. The molecule has 20 heavy (non-hydrogen) atoms. The number of halogens is 1. The molecule has 0 unspecified atom stereocenters. The van der Waals surface area contributed by atoms with Crippen LogP contribution in [0.3, 0.4) is 0 Å². The number of nitrogens with one attached hydrogen (secondary N) is 1. The Bertz CT molecular complexity index is 684. The summed E-state index contributed by atoms with van der Waals surface area (Å²) in [5.41, 5.74) is 1.74. The van der Waals surface area contributed by atoms with Crippen LogP contribution in [-0.4, -0.2) is 5.78 Å². The predicted molar refractivity (Wildman–Crippen MR) is 79.7 cm³/mol. The van der Waals surface area contributed by atoms with Gasteiger partial charge in [0.05, 0.1) is 11.3 Å². The largest absolute Gasteiger partial charge is 0.360 e. The Morgan fingerprint density at radius 3 is 2.55 bits per heavy atom. The standard InChI is InChI=1S/C16H11ClN2O/c17-14-7-5-12(6-8-14)16(20)9-10-19-15-4-2-1-3-13(15)11-18/h1-10,19H. The zero-order valence-corrected chi connectivity index (χ0v) is 11.3. The van der Waals surface area contributed by atoms with E-state index in [1.54, 1.807) is 42.5 Å². The van der Waals surface area contributed by atoms with Crippen molar-refractivity contribution in [3.8, 4) is 6.07 Å². The van der Waals surface area contributed by atoms with Crippen LogP contribution in [0.5, 0.6) is 0 Å². The van der Waals surface area contributed by atoms with E-state index in [-0.39, 0.29) is 5.78 Å². The second-order valence-electron chi connectivity index (χ2n) is 4.01. The van der Waals surface area contributed by atoms with E-state index in [0.717, 1.165) is 0 Å². The number of nitrogens with zero attached hydrogens (tertiary/aromatic N) is 1. The van der Waals surface area contributed by atoms with Crippen LogP contribution in [0, 0.1) is 11.3 Å². The van der Waals surface area contributed by atoms with Crippen molar-refractivity contribution in [3.05, 3.63) is 77.0 Å². The van der Waals surface area contributed by atoms with Crippen molar-refractivity contribution in [2.45, 2.75) is 0 Å². The number of anilines is 1. The highest BCUT2D eigenvalue weighted by atomic mass is 35.5. The lowest BCUT2D eigenvalue weighted by atomic mass is 10.1. The molecular weight excluding hydrogens is 272 g/mol. The Morgan fingerprint density at radius 2 is 1.85 bits per heavy atom. The summed E-state index contributed by atoms with van der Waals surface area (Å²) in [6.45, 7) is 0. The lowest BCUT2D eigenvalue weighted by molar-refractivity contribution is 0.104. The van der Waals surface area contributed by atoms with Crippen LogP contribution < -0.4 is 5.32 Å². The van der Waals surface area contributed by atoms with Crippen molar-refractivity contribution in [1.82, 2.24) is 0 Å². The highest BCUT2D eigenvalue weighted by Gasteiger charge is 2.01. The molecule has 0 bridgehead atoms. The average Bonchev–Trinajstić information content (AvgIpc) is 2.48. The molecule has 0 aliphatic rings. The van der Waals surface area contributed by atoms with Gasteiger partial charge in [0.15, 0.2) is 5.78 Å². The van der Waals surface area contributed by atoms with Crippen LogP contribution in [0.1, 0.15) is 15.9 Å². The van der Waals surface area contributed by atoms with Crippen molar-refractivity contribution in [1.29, 1.82) is 5.26 Å². The molecule has 3 nitrogen and oxygen atoms in total. The maximum Gasteiger partial charge on any atom is 0.187 e. The van der Waals surface area contributed by atoms with Gasteiger partial charge in [0.2, 0.25) is 0 Å². The summed E-state index contributed by atoms with van der Waals surface area (Å²) < 4.78 is 0. The quantitative estimate of drug-likeness (QED) is 0.681. The molecule has 0 aliphatic carbocycles. The molecule has 0 fully saturated rings. The van der Waals surface area contributed by atoms with Crippen molar-refractivity contribution in [2.24, 2.45) is 0 Å². The first-order chi connectivity index (χ1) is 9.70. The molecule has 0 aliphatic heterocycles. The molecule has 98 valence electrons. The van der Waals surface area contributed by atoms with Crippen molar-refractivity contribution >= 4 is 23.1 Å². The Hall–Kier alpha value is -2.57. The van der Waals surface area contributed by atoms with E-state index in [9.17, 15) is 4.79 Å². The highest BCUT2D eigenvalue weighted by molar-refractivity contribution is 6.30. The van der Waals surface area contributed by atoms with Crippen LogP contribution in [0.2, 0.25) is 5.02 Å². The maximum absolute atomic E-state index is 11.9.